The van der Waals surface area contributed by atoms with Crippen molar-refractivity contribution in [2.45, 2.75) is 17.6 Å². The van der Waals surface area contributed by atoms with Crippen molar-refractivity contribution in [3.05, 3.63) is 59.7 Å². The van der Waals surface area contributed by atoms with E-state index in [0.29, 0.717) is 11.6 Å². The number of methoxy groups -OCH3 is 2. The minimum absolute atomic E-state index is 0.0965. The maximum atomic E-state index is 12.9. The Morgan fingerprint density at radius 2 is 1.74 bits per heavy atom. The number of halogens is 3. The van der Waals surface area contributed by atoms with Crippen LogP contribution in [0.15, 0.2) is 53.4 Å². The third kappa shape index (κ3) is 7.23. The van der Waals surface area contributed by atoms with Crippen molar-refractivity contribution in [2.24, 2.45) is 0 Å². The molecule has 7 nitrogen and oxygen atoms in total. The number of amides is 1. The van der Waals surface area contributed by atoms with E-state index in [-0.39, 0.29) is 38.0 Å². The van der Waals surface area contributed by atoms with E-state index in [1.54, 1.807) is 6.07 Å². The molecule has 11 heteroatoms. The summed E-state index contributed by atoms with van der Waals surface area (Å²) in [6.07, 6.45) is -4.69. The second-order valence-electron chi connectivity index (χ2n) is 6.45. The highest BCUT2D eigenvalue weighted by Gasteiger charge is 2.32. The average molecular weight is 461 g/mol. The molecule has 0 saturated carbocycles. The molecule has 0 spiro atoms. The van der Waals surface area contributed by atoms with Crippen molar-refractivity contribution in [1.29, 1.82) is 0 Å². The van der Waals surface area contributed by atoms with Crippen molar-refractivity contribution in [3.63, 3.8) is 0 Å². The molecule has 0 aliphatic carbocycles. The number of hydrogen-bond acceptors (Lipinski definition) is 6. The van der Waals surface area contributed by atoms with Crippen molar-refractivity contribution in [2.75, 3.05) is 34.0 Å². The lowest BCUT2D eigenvalue weighted by Crippen LogP contribution is -2.35. The van der Waals surface area contributed by atoms with Gasteiger partial charge in [-0.05, 0) is 35.9 Å². The van der Waals surface area contributed by atoms with Gasteiger partial charge in [0.25, 0.3) is 0 Å². The van der Waals surface area contributed by atoms with Gasteiger partial charge in [0.05, 0.1) is 12.2 Å². The molecule has 0 saturated heterocycles. The summed E-state index contributed by atoms with van der Waals surface area (Å²) >= 11 is 0. The predicted molar refractivity (Wildman–Crippen MR) is 105 cm³/mol. The molecular weight excluding hydrogens is 439 g/mol. The lowest BCUT2D eigenvalue weighted by molar-refractivity contribution is -0.138. The minimum Gasteiger partial charge on any atom is -0.383 e. The number of benzene rings is 2. The van der Waals surface area contributed by atoms with Crippen LogP contribution in [-0.4, -0.2) is 53.2 Å². The van der Waals surface area contributed by atoms with Gasteiger partial charge < -0.3 is 18.6 Å². The number of nitrogens with zero attached hydrogens (tertiary/aromatic N) is 1. The number of carbonyl (C=O) groups excluding carboxylic acids is 1. The van der Waals surface area contributed by atoms with Gasteiger partial charge in [0.1, 0.15) is 17.3 Å². The molecule has 0 radical (unpaired) electrons. The molecule has 2 aromatic rings. The molecule has 0 heterocycles. The molecule has 0 fully saturated rings. The van der Waals surface area contributed by atoms with Crippen molar-refractivity contribution in [3.8, 4) is 5.75 Å². The van der Waals surface area contributed by atoms with Gasteiger partial charge in [-0.2, -0.15) is 21.6 Å². The van der Waals surface area contributed by atoms with Gasteiger partial charge >= 0.3 is 16.3 Å². The number of carbonyl (C=O) groups is 1. The SMILES string of the molecule is COCCN(Cc1cccc(OS(=O)(=O)c2cccc(C(F)(F)F)c2)c1)C(=O)COC. The number of ether oxygens (including phenoxy) is 2. The maximum Gasteiger partial charge on any atom is 0.416 e. The van der Waals surface area contributed by atoms with Crippen LogP contribution in [0.1, 0.15) is 11.1 Å². The Labute approximate surface area is 178 Å². The molecular formula is C20H22F3NO6S. The fraction of sp³-hybridized carbons (Fsp3) is 0.350. The van der Waals surface area contributed by atoms with Gasteiger partial charge in [-0.1, -0.05) is 18.2 Å². The molecule has 0 aliphatic heterocycles. The van der Waals surface area contributed by atoms with Crippen molar-refractivity contribution >= 4 is 16.0 Å². The van der Waals surface area contributed by atoms with E-state index in [9.17, 15) is 26.4 Å². The van der Waals surface area contributed by atoms with Crippen LogP contribution in [0, 0.1) is 0 Å². The van der Waals surface area contributed by atoms with E-state index in [2.05, 4.69) is 0 Å². The molecule has 0 atom stereocenters. The second-order valence-corrected chi connectivity index (χ2v) is 8.00. The summed E-state index contributed by atoms with van der Waals surface area (Å²) in [7, 11) is -1.62. The van der Waals surface area contributed by atoms with Gasteiger partial charge in [0, 0.05) is 27.3 Å². The first-order valence-electron chi connectivity index (χ1n) is 9.03. The van der Waals surface area contributed by atoms with Crippen LogP contribution in [0.3, 0.4) is 0 Å². The lowest BCUT2D eigenvalue weighted by Gasteiger charge is -2.22. The van der Waals surface area contributed by atoms with Crippen molar-refractivity contribution < 1.29 is 40.0 Å². The van der Waals surface area contributed by atoms with Gasteiger partial charge in [0.15, 0.2) is 0 Å². The van der Waals surface area contributed by atoms with Gasteiger partial charge in [-0.3, -0.25) is 4.79 Å². The van der Waals surface area contributed by atoms with E-state index < -0.39 is 26.8 Å². The van der Waals surface area contributed by atoms with Crippen LogP contribution >= 0.6 is 0 Å². The molecule has 1 amide bonds. The standard InChI is InChI=1S/C20H22F3NO6S/c1-28-10-9-24(19(25)14-29-2)13-15-5-3-7-17(11-15)30-31(26,27)18-8-4-6-16(12-18)20(21,22)23/h3-8,11-12H,9-10,13-14H2,1-2H3. The Morgan fingerprint density at radius 1 is 1.03 bits per heavy atom. The zero-order chi connectivity index (χ0) is 23.1. The quantitative estimate of drug-likeness (QED) is 0.506. The summed E-state index contributed by atoms with van der Waals surface area (Å²) in [5, 5.41) is 0. The Bertz CT molecular complexity index is 994. The summed E-state index contributed by atoms with van der Waals surface area (Å²) in [5.74, 6) is -0.386. The minimum atomic E-state index is -4.69. The Balaban J connectivity index is 2.22. The number of rotatable bonds is 10. The molecule has 0 aliphatic rings. The van der Waals surface area contributed by atoms with Crippen LogP contribution in [-0.2, 0) is 37.1 Å². The summed E-state index contributed by atoms with van der Waals surface area (Å²) in [4.78, 5) is 13.0. The first kappa shape index (κ1) is 24.6. The van der Waals surface area contributed by atoms with Crippen LogP contribution < -0.4 is 4.18 Å². The molecule has 0 N–H and O–H groups in total. The molecule has 2 rings (SSSR count). The summed E-state index contributed by atoms with van der Waals surface area (Å²) in [6, 6.07) is 9.21. The molecule has 0 aromatic heterocycles. The zero-order valence-electron chi connectivity index (χ0n) is 16.9. The fourth-order valence-corrected chi connectivity index (χ4v) is 3.60. The fourth-order valence-electron chi connectivity index (χ4n) is 2.63. The Hall–Kier alpha value is -2.63. The van der Waals surface area contributed by atoms with E-state index >= 15 is 0 Å². The maximum absolute atomic E-state index is 12.9. The smallest absolute Gasteiger partial charge is 0.383 e. The van der Waals surface area contributed by atoms with E-state index in [1.165, 1.54) is 37.3 Å². The topological polar surface area (TPSA) is 82.1 Å². The van der Waals surface area contributed by atoms with E-state index in [4.69, 9.17) is 13.7 Å². The molecule has 170 valence electrons. The van der Waals surface area contributed by atoms with E-state index in [1.807, 2.05) is 0 Å². The molecule has 2 aromatic carbocycles. The Kier molecular flexibility index (Phi) is 8.43. The predicted octanol–water partition coefficient (Wildman–Crippen LogP) is 3.09. The Morgan fingerprint density at radius 3 is 2.39 bits per heavy atom. The van der Waals surface area contributed by atoms with Crippen LogP contribution in [0.25, 0.3) is 0 Å². The molecule has 0 unspecified atom stereocenters. The van der Waals surface area contributed by atoms with Crippen LogP contribution in [0.4, 0.5) is 13.2 Å². The monoisotopic (exact) mass is 461 g/mol. The molecule has 0 bridgehead atoms. The first-order valence-corrected chi connectivity index (χ1v) is 10.4. The summed E-state index contributed by atoms with van der Waals surface area (Å²) in [6.45, 7) is 0.568. The number of alkyl halides is 3. The highest BCUT2D eigenvalue weighted by atomic mass is 32.2. The largest absolute Gasteiger partial charge is 0.416 e. The van der Waals surface area contributed by atoms with Gasteiger partial charge in [0.2, 0.25) is 5.91 Å². The summed E-state index contributed by atoms with van der Waals surface area (Å²) < 4.78 is 78.4. The first-order chi connectivity index (χ1) is 14.6. The van der Waals surface area contributed by atoms with Crippen molar-refractivity contribution in [1.82, 2.24) is 4.90 Å². The number of hydrogen-bond donors (Lipinski definition) is 0. The van der Waals surface area contributed by atoms with Gasteiger partial charge in [-0.15, -0.1) is 0 Å². The van der Waals surface area contributed by atoms with Crippen LogP contribution in [0.2, 0.25) is 0 Å². The average Bonchev–Trinajstić information content (AvgIpc) is 2.70. The lowest BCUT2D eigenvalue weighted by atomic mass is 10.2. The zero-order valence-corrected chi connectivity index (χ0v) is 17.7. The second kappa shape index (κ2) is 10.6. The highest BCUT2D eigenvalue weighted by Crippen LogP contribution is 2.31. The van der Waals surface area contributed by atoms with Crippen LogP contribution in [0.5, 0.6) is 5.75 Å². The normalized spacial score (nSPS) is 11.9. The molecule has 31 heavy (non-hydrogen) atoms. The highest BCUT2D eigenvalue weighted by molar-refractivity contribution is 7.87. The summed E-state index contributed by atoms with van der Waals surface area (Å²) in [5.41, 5.74) is -0.548. The van der Waals surface area contributed by atoms with Gasteiger partial charge in [-0.25, -0.2) is 0 Å². The van der Waals surface area contributed by atoms with E-state index in [0.717, 1.165) is 18.2 Å². The third-order valence-corrected chi connectivity index (χ3v) is 5.36. The third-order valence-electron chi connectivity index (χ3n) is 4.11.